The summed E-state index contributed by atoms with van der Waals surface area (Å²) in [6.45, 7) is 0.433. The van der Waals surface area contributed by atoms with Crippen molar-refractivity contribution in [1.29, 1.82) is 0 Å². The Kier molecular flexibility index (Phi) is 3.82. The minimum atomic E-state index is -0.915. The van der Waals surface area contributed by atoms with Gasteiger partial charge in [-0.1, -0.05) is 23.7 Å². The van der Waals surface area contributed by atoms with Gasteiger partial charge in [0, 0.05) is 14.6 Å². The minimum absolute atomic E-state index is 0.298. The van der Waals surface area contributed by atoms with Crippen molar-refractivity contribution < 1.29 is 14.6 Å². The maximum atomic E-state index is 11.0. The molecule has 0 amide bonds. The van der Waals surface area contributed by atoms with Crippen molar-refractivity contribution in [2.75, 3.05) is 0 Å². The first-order valence-corrected chi connectivity index (χ1v) is 7.45. The fourth-order valence-electron chi connectivity index (χ4n) is 2.00. The molecule has 0 aliphatic carbocycles. The van der Waals surface area contributed by atoms with Crippen molar-refractivity contribution in [3.8, 4) is 5.75 Å². The van der Waals surface area contributed by atoms with Crippen molar-refractivity contribution in [2.45, 2.75) is 6.61 Å². The summed E-state index contributed by atoms with van der Waals surface area (Å²) in [7, 11) is 0. The molecule has 0 atom stereocenters. The second kappa shape index (κ2) is 5.76. The van der Waals surface area contributed by atoms with Gasteiger partial charge in [-0.25, -0.2) is 4.79 Å². The zero-order valence-corrected chi connectivity index (χ0v) is 12.4. The minimum Gasteiger partial charge on any atom is -0.488 e. The maximum absolute atomic E-state index is 11.0. The maximum Gasteiger partial charge on any atom is 0.335 e. The molecule has 3 aromatic rings. The number of carboxylic acid groups (broad SMARTS) is 1. The number of carboxylic acids is 1. The third kappa shape index (κ3) is 3.17. The van der Waals surface area contributed by atoms with Crippen LogP contribution >= 0.6 is 22.9 Å². The molecule has 0 unspecified atom stereocenters. The van der Waals surface area contributed by atoms with Crippen LogP contribution in [0.25, 0.3) is 10.1 Å². The Morgan fingerprint density at radius 3 is 2.81 bits per heavy atom. The molecule has 0 spiro atoms. The second-order valence-corrected chi connectivity index (χ2v) is 6.12. The summed E-state index contributed by atoms with van der Waals surface area (Å²) in [4.78, 5) is 12.0. The highest BCUT2D eigenvalue weighted by Crippen LogP contribution is 2.28. The van der Waals surface area contributed by atoms with Crippen LogP contribution in [0, 0.1) is 0 Å². The van der Waals surface area contributed by atoms with Crippen molar-refractivity contribution in [2.24, 2.45) is 0 Å². The standard InChI is InChI=1S/C16H11ClO3S/c17-12-2-1-3-13(8-12)20-9-14-6-10-4-5-11(16(18)19)7-15(10)21-14/h1-8H,9H2,(H,18,19). The fourth-order valence-corrected chi connectivity index (χ4v) is 3.20. The highest BCUT2D eigenvalue weighted by Gasteiger charge is 2.07. The molecule has 0 radical (unpaired) electrons. The van der Waals surface area contributed by atoms with Gasteiger partial charge in [0.05, 0.1) is 5.56 Å². The van der Waals surface area contributed by atoms with E-state index < -0.39 is 5.97 Å². The summed E-state index contributed by atoms with van der Waals surface area (Å²) in [5.74, 6) is -0.201. The molecule has 3 nitrogen and oxygen atoms in total. The molecule has 5 heteroatoms. The topological polar surface area (TPSA) is 46.5 Å². The Morgan fingerprint density at radius 2 is 2.05 bits per heavy atom. The molecule has 1 heterocycles. The molecule has 0 aliphatic rings. The normalized spacial score (nSPS) is 10.7. The van der Waals surface area contributed by atoms with Crippen LogP contribution in [0.5, 0.6) is 5.75 Å². The number of carbonyl (C=O) groups is 1. The Labute approximate surface area is 130 Å². The van der Waals surface area contributed by atoms with E-state index in [1.165, 1.54) is 11.3 Å². The number of thiophene rings is 1. The van der Waals surface area contributed by atoms with Crippen molar-refractivity contribution in [1.82, 2.24) is 0 Å². The molecular formula is C16H11ClO3S. The van der Waals surface area contributed by atoms with Crippen LogP contribution in [0.1, 0.15) is 15.2 Å². The molecule has 3 rings (SSSR count). The van der Waals surface area contributed by atoms with Gasteiger partial charge in [0.1, 0.15) is 12.4 Å². The van der Waals surface area contributed by atoms with Gasteiger partial charge in [0.25, 0.3) is 0 Å². The molecule has 21 heavy (non-hydrogen) atoms. The number of aromatic carboxylic acids is 1. The highest BCUT2D eigenvalue weighted by atomic mass is 35.5. The SMILES string of the molecule is O=C(O)c1ccc2cc(COc3cccc(Cl)c3)sc2c1. The Balaban J connectivity index is 1.80. The largest absolute Gasteiger partial charge is 0.488 e. The quantitative estimate of drug-likeness (QED) is 0.749. The van der Waals surface area contributed by atoms with E-state index in [1.54, 1.807) is 24.3 Å². The van der Waals surface area contributed by atoms with Crippen molar-refractivity contribution in [3.05, 3.63) is 64.0 Å². The first-order chi connectivity index (χ1) is 10.1. The number of fused-ring (bicyclic) bond motifs is 1. The van der Waals surface area contributed by atoms with E-state index in [0.29, 0.717) is 22.9 Å². The average Bonchev–Trinajstić information content (AvgIpc) is 2.87. The summed E-state index contributed by atoms with van der Waals surface area (Å²) in [5, 5.41) is 10.7. The fraction of sp³-hybridized carbons (Fsp3) is 0.0625. The molecule has 1 aromatic heterocycles. The second-order valence-electron chi connectivity index (χ2n) is 4.52. The molecule has 0 fully saturated rings. The average molecular weight is 319 g/mol. The van der Waals surface area contributed by atoms with E-state index >= 15 is 0 Å². The molecule has 0 aliphatic heterocycles. The third-order valence-corrected chi connectivity index (χ3v) is 4.30. The predicted molar refractivity (Wildman–Crippen MR) is 84.6 cm³/mol. The first kappa shape index (κ1) is 13.9. The van der Waals surface area contributed by atoms with E-state index in [4.69, 9.17) is 21.4 Å². The number of hydrogen-bond acceptors (Lipinski definition) is 3. The van der Waals surface area contributed by atoms with Crippen LogP contribution < -0.4 is 4.74 Å². The summed E-state index contributed by atoms with van der Waals surface area (Å²) >= 11 is 7.44. The predicted octanol–water partition coefficient (Wildman–Crippen LogP) is 4.83. The Morgan fingerprint density at radius 1 is 1.19 bits per heavy atom. The Bertz CT molecular complexity index is 810. The number of ether oxygens (including phenoxy) is 1. The van der Waals surface area contributed by atoms with Crippen LogP contribution in [0.15, 0.2) is 48.5 Å². The molecule has 106 valence electrons. The zero-order valence-electron chi connectivity index (χ0n) is 10.9. The van der Waals surface area contributed by atoms with Crippen LogP contribution in [0.3, 0.4) is 0 Å². The summed E-state index contributed by atoms with van der Waals surface area (Å²) in [6.07, 6.45) is 0. The van der Waals surface area contributed by atoms with Gasteiger partial charge in [-0.3, -0.25) is 0 Å². The number of rotatable bonds is 4. The third-order valence-electron chi connectivity index (χ3n) is 3.00. The molecule has 0 saturated carbocycles. The van der Waals surface area contributed by atoms with Crippen molar-refractivity contribution >= 4 is 39.0 Å². The summed E-state index contributed by atoms with van der Waals surface area (Å²) in [5.41, 5.74) is 0.298. The lowest BCUT2D eigenvalue weighted by atomic mass is 10.2. The van der Waals surface area contributed by atoms with E-state index in [0.717, 1.165) is 15.0 Å². The number of benzene rings is 2. The van der Waals surface area contributed by atoms with Crippen LogP contribution in [0.2, 0.25) is 5.02 Å². The van der Waals surface area contributed by atoms with E-state index in [1.807, 2.05) is 24.3 Å². The van der Waals surface area contributed by atoms with Crippen LogP contribution in [0.4, 0.5) is 0 Å². The number of halogens is 1. The van der Waals surface area contributed by atoms with E-state index in [2.05, 4.69) is 0 Å². The number of hydrogen-bond donors (Lipinski definition) is 1. The lowest BCUT2D eigenvalue weighted by Gasteiger charge is -2.04. The van der Waals surface area contributed by atoms with Crippen LogP contribution in [-0.2, 0) is 6.61 Å². The zero-order chi connectivity index (χ0) is 14.8. The van der Waals surface area contributed by atoms with Gasteiger partial charge in [-0.05, 0) is 41.8 Å². The smallest absolute Gasteiger partial charge is 0.335 e. The van der Waals surface area contributed by atoms with Gasteiger partial charge in [0.15, 0.2) is 0 Å². The van der Waals surface area contributed by atoms with Crippen LogP contribution in [-0.4, -0.2) is 11.1 Å². The van der Waals surface area contributed by atoms with E-state index in [-0.39, 0.29) is 0 Å². The molecule has 0 saturated heterocycles. The monoisotopic (exact) mass is 318 g/mol. The van der Waals surface area contributed by atoms with Gasteiger partial charge in [-0.2, -0.15) is 0 Å². The molecule has 1 N–H and O–H groups in total. The van der Waals surface area contributed by atoms with Gasteiger partial charge < -0.3 is 9.84 Å². The van der Waals surface area contributed by atoms with Gasteiger partial charge in [-0.15, -0.1) is 11.3 Å². The van der Waals surface area contributed by atoms with Gasteiger partial charge >= 0.3 is 5.97 Å². The summed E-state index contributed by atoms with van der Waals surface area (Å²) in [6, 6.07) is 14.4. The lowest BCUT2D eigenvalue weighted by Crippen LogP contribution is -1.94. The van der Waals surface area contributed by atoms with Gasteiger partial charge in [0.2, 0.25) is 0 Å². The molecule has 0 bridgehead atoms. The lowest BCUT2D eigenvalue weighted by molar-refractivity contribution is 0.0697. The molecule has 2 aromatic carbocycles. The highest BCUT2D eigenvalue weighted by molar-refractivity contribution is 7.19. The Hall–Kier alpha value is -2.04. The molecular weight excluding hydrogens is 308 g/mol. The van der Waals surface area contributed by atoms with Crippen molar-refractivity contribution in [3.63, 3.8) is 0 Å². The first-order valence-electron chi connectivity index (χ1n) is 6.26. The summed E-state index contributed by atoms with van der Waals surface area (Å²) < 4.78 is 6.63. The van der Waals surface area contributed by atoms with E-state index in [9.17, 15) is 4.79 Å².